The zero-order chi connectivity index (χ0) is 60.9. The molecule has 2 fully saturated rings. The number of para-hydroxylation sites is 1. The minimum Gasteiger partial charge on any atom is -0.508 e. The normalized spacial score (nSPS) is 18.1. The average Bonchev–Trinajstić information content (AvgIpc) is 4.32. The van der Waals surface area contributed by atoms with Crippen LogP contribution in [0.4, 0.5) is 0 Å². The number of amides is 11. The quantitative estimate of drug-likeness (QED) is 0.0371. The summed E-state index contributed by atoms with van der Waals surface area (Å²) in [6, 6.07) is 12.4. The number of rotatable bonds is 31. The molecule has 2 aliphatic rings. The van der Waals surface area contributed by atoms with Crippen LogP contribution in [-0.2, 0) is 59.2 Å². The number of hydrogen-bond donors (Lipinski definition) is 13. The van der Waals surface area contributed by atoms with Crippen LogP contribution in [0.25, 0.3) is 0 Å². The van der Waals surface area contributed by atoms with Crippen molar-refractivity contribution in [2.75, 3.05) is 24.6 Å². The Labute approximate surface area is 491 Å². The summed E-state index contributed by atoms with van der Waals surface area (Å²) in [4.78, 5) is 149. The van der Waals surface area contributed by atoms with Crippen LogP contribution in [-0.4, -0.2) is 148 Å². The topological polar surface area (TPSA) is 395 Å². The molecule has 0 radical (unpaired) electrons. The van der Waals surface area contributed by atoms with E-state index in [4.69, 9.17) is 21.9 Å². The second kappa shape index (κ2) is 32.1. The third-order valence-corrected chi connectivity index (χ3v) is 15.5. The van der Waals surface area contributed by atoms with Crippen molar-refractivity contribution in [3.05, 3.63) is 90.0 Å². The minimum atomic E-state index is -1.77. The molecule has 3 aromatic rings. The molecule has 0 aromatic heterocycles. The fraction of sp³-hybridized carbons (Fsp3) is 0.482. The molecule has 2 saturated heterocycles. The van der Waals surface area contributed by atoms with Crippen molar-refractivity contribution >= 4 is 89.4 Å². The Kier molecular flexibility index (Phi) is 25.5. The monoisotopic (exact) mass is 1190 g/mol. The summed E-state index contributed by atoms with van der Waals surface area (Å²) in [6.45, 7) is 6.67. The van der Waals surface area contributed by atoms with Gasteiger partial charge in [0.15, 0.2) is 0 Å². The summed E-state index contributed by atoms with van der Waals surface area (Å²) < 4.78 is 5.92. The van der Waals surface area contributed by atoms with Crippen molar-refractivity contribution in [1.29, 1.82) is 0 Å². The van der Waals surface area contributed by atoms with Crippen LogP contribution in [0.2, 0.25) is 0 Å². The first-order chi connectivity index (χ1) is 39.5. The van der Waals surface area contributed by atoms with Crippen molar-refractivity contribution in [3.8, 4) is 17.2 Å². The van der Waals surface area contributed by atoms with Gasteiger partial charge in [0, 0.05) is 30.9 Å². The van der Waals surface area contributed by atoms with Gasteiger partial charge in [0.05, 0.1) is 24.4 Å². The maximum Gasteiger partial charge on any atom is 0.246 e. The Morgan fingerprint density at radius 1 is 0.699 bits per heavy atom. The largest absolute Gasteiger partial charge is 0.508 e. The lowest BCUT2D eigenvalue weighted by atomic mass is 9.96. The van der Waals surface area contributed by atoms with Crippen molar-refractivity contribution in [3.63, 3.8) is 0 Å². The van der Waals surface area contributed by atoms with E-state index in [0.29, 0.717) is 35.7 Å². The van der Waals surface area contributed by atoms with Gasteiger partial charge in [0.1, 0.15) is 59.5 Å². The summed E-state index contributed by atoms with van der Waals surface area (Å²) in [5.74, 6) is -8.49. The van der Waals surface area contributed by atoms with Crippen molar-refractivity contribution in [2.45, 2.75) is 133 Å². The highest BCUT2D eigenvalue weighted by Crippen LogP contribution is 2.34. The Bertz CT molecular complexity index is 2780. The van der Waals surface area contributed by atoms with Gasteiger partial charge in [-0.25, -0.2) is 0 Å². The Morgan fingerprint density at radius 3 is 1.93 bits per heavy atom. The molecule has 450 valence electrons. The smallest absolute Gasteiger partial charge is 0.246 e. The van der Waals surface area contributed by atoms with Gasteiger partial charge in [-0.3, -0.25) is 58.1 Å². The van der Waals surface area contributed by atoms with Gasteiger partial charge in [0.2, 0.25) is 65.0 Å². The van der Waals surface area contributed by atoms with Gasteiger partial charge >= 0.3 is 0 Å². The number of primary amides is 3. The number of carbonyl (C=O) groups is 11. The Balaban J connectivity index is 1.28. The van der Waals surface area contributed by atoms with Gasteiger partial charge in [0.25, 0.3) is 0 Å². The fourth-order valence-electron chi connectivity index (χ4n) is 9.18. The van der Waals surface area contributed by atoms with Crippen LogP contribution in [0.15, 0.2) is 78.9 Å². The second-order valence-electron chi connectivity index (χ2n) is 20.8. The molecule has 10 atom stereocenters. The molecule has 5 rings (SSSR count). The number of thioether (sulfide) groups is 1. The number of carbonyl (C=O) groups excluding carboxylic acids is 11. The van der Waals surface area contributed by atoms with Crippen LogP contribution in [0, 0.1) is 11.8 Å². The van der Waals surface area contributed by atoms with Crippen molar-refractivity contribution in [1.82, 2.24) is 47.4 Å². The predicted octanol–water partition coefficient (Wildman–Crippen LogP) is -0.205. The van der Waals surface area contributed by atoms with E-state index in [1.807, 2.05) is 68.4 Å². The molecule has 11 amide bonds. The van der Waals surface area contributed by atoms with Crippen LogP contribution in [0.1, 0.15) is 89.1 Å². The first kappa shape index (κ1) is 65.9. The molecule has 27 heteroatoms. The number of hydrogen-bond acceptors (Lipinski definition) is 16. The average molecular weight is 1190 g/mol. The fourth-order valence-corrected chi connectivity index (χ4v) is 10.7. The molecule has 15 N–H and O–H groups in total. The lowest BCUT2D eigenvalue weighted by Crippen LogP contribution is -2.61. The number of benzene rings is 3. The standard InChI is InChI=1S/C56H76N12O13S2/c1-5-31(4)47(67-51(76)39(25-32-13-17-34(69)18-14-32)62-52(77)42-29-83-55(66-42)33-15-19-36(20-16-33)81-35-10-7-6-8-11-35)54(79)61-37(21-22-44(57)70)49(74)63-40(26-45(58)71)50(75)65-41(28-82)56(80)68-23-9-12-43(68)53(78)64-38(24-30(2)3)48(73)60-27-46(59)72/h6-8,10-11,13-20,30-31,37-43,47,55,66,69,82H,5,9,12,21-29H2,1-4H3,(H2,57,70)(H2,58,71)(H2,59,72)(H,60,73)(H,61,79)(H,62,77)(H,63,74)(H,64,78)(H,65,75)(H,67,76)/t31-,37?,38-,39-,40?,41-,42?,43?,47?,55?/m0/s1. The molecular weight excluding hydrogens is 1110 g/mol. The molecular formula is C56H76N12O13S2. The maximum atomic E-state index is 14.4. The molecule has 2 aliphatic heterocycles. The summed E-state index contributed by atoms with van der Waals surface area (Å²) in [6.07, 6.45) is -0.670. The zero-order valence-electron chi connectivity index (χ0n) is 46.7. The molecule has 0 saturated carbocycles. The van der Waals surface area contributed by atoms with Crippen LogP contribution < -0.4 is 64.5 Å². The minimum absolute atomic E-state index is 0.0324. The number of aromatic hydroxyl groups is 1. The van der Waals surface area contributed by atoms with Crippen LogP contribution in [0.3, 0.4) is 0 Å². The number of ether oxygens (including phenoxy) is 1. The molecule has 6 unspecified atom stereocenters. The van der Waals surface area contributed by atoms with Gasteiger partial charge in [-0.1, -0.05) is 76.6 Å². The lowest BCUT2D eigenvalue weighted by molar-refractivity contribution is -0.142. The van der Waals surface area contributed by atoms with E-state index in [0.717, 1.165) is 5.56 Å². The number of nitrogens with one attached hydrogen (secondary N) is 8. The molecule has 3 aromatic carbocycles. The third kappa shape index (κ3) is 20.5. The number of phenolic OH excluding ortho intramolecular Hbond substituents is 1. The van der Waals surface area contributed by atoms with E-state index < -0.39 is 145 Å². The molecule has 25 nitrogen and oxygen atoms in total. The predicted molar refractivity (Wildman–Crippen MR) is 310 cm³/mol. The highest BCUT2D eigenvalue weighted by Gasteiger charge is 2.41. The number of nitrogens with two attached hydrogens (primary N) is 3. The second-order valence-corrected chi connectivity index (χ2v) is 22.3. The summed E-state index contributed by atoms with van der Waals surface area (Å²) in [5.41, 5.74) is 17.6. The van der Waals surface area contributed by atoms with Gasteiger partial charge in [-0.2, -0.15) is 12.6 Å². The van der Waals surface area contributed by atoms with E-state index in [-0.39, 0.29) is 48.6 Å². The number of phenols is 1. The van der Waals surface area contributed by atoms with E-state index in [9.17, 15) is 57.8 Å². The zero-order valence-corrected chi connectivity index (χ0v) is 48.4. The number of nitrogens with zero attached hydrogens (tertiary/aromatic N) is 1. The summed E-state index contributed by atoms with van der Waals surface area (Å²) >= 11 is 5.76. The maximum absolute atomic E-state index is 14.4. The molecule has 0 spiro atoms. The lowest BCUT2D eigenvalue weighted by Gasteiger charge is -2.30. The molecule has 2 heterocycles. The van der Waals surface area contributed by atoms with Gasteiger partial charge in [-0.05, 0) is 85.0 Å². The van der Waals surface area contributed by atoms with Crippen molar-refractivity contribution < 1.29 is 62.6 Å². The van der Waals surface area contributed by atoms with E-state index >= 15 is 0 Å². The van der Waals surface area contributed by atoms with E-state index in [1.54, 1.807) is 26.0 Å². The van der Waals surface area contributed by atoms with Gasteiger partial charge in [-0.15, -0.1) is 11.8 Å². The molecule has 83 heavy (non-hydrogen) atoms. The van der Waals surface area contributed by atoms with E-state index in [1.165, 1.54) is 28.8 Å². The summed E-state index contributed by atoms with van der Waals surface area (Å²) in [7, 11) is 0. The van der Waals surface area contributed by atoms with Crippen LogP contribution >= 0.6 is 24.4 Å². The first-order valence-corrected chi connectivity index (χ1v) is 29.0. The molecule has 0 bridgehead atoms. The van der Waals surface area contributed by atoms with Gasteiger partial charge < -0.3 is 69.2 Å². The third-order valence-electron chi connectivity index (χ3n) is 13.8. The summed E-state index contributed by atoms with van der Waals surface area (Å²) in [5, 5.41) is 31.1. The number of thiol groups is 1. The molecule has 0 aliphatic carbocycles. The first-order valence-electron chi connectivity index (χ1n) is 27.3. The number of likely N-dealkylation sites (tertiary alicyclic amines) is 1. The van der Waals surface area contributed by atoms with Crippen LogP contribution in [0.5, 0.6) is 17.2 Å². The Hall–Kier alpha value is -7.91. The highest BCUT2D eigenvalue weighted by atomic mass is 32.2. The van der Waals surface area contributed by atoms with E-state index in [2.05, 4.69) is 55.2 Å². The SMILES string of the molecule is CC[C@H](C)C(NC(=O)[C@H](Cc1ccc(O)cc1)NC(=O)C1CSC(c2ccc(Oc3ccccc3)cc2)N1)C(=O)NC(CCC(N)=O)C(=O)NC(CC(N)=O)C(=O)N[C@@H](CS)C(=O)N1CCCC1C(=O)N[C@@H](CC(C)C)C(=O)NCC(N)=O. The Morgan fingerprint density at radius 2 is 1.31 bits per heavy atom. The highest BCUT2D eigenvalue weighted by molar-refractivity contribution is 7.99. The van der Waals surface area contributed by atoms with Crippen molar-refractivity contribution in [2.24, 2.45) is 29.0 Å².